The van der Waals surface area contributed by atoms with Gasteiger partial charge < -0.3 is 9.64 Å². The van der Waals surface area contributed by atoms with Gasteiger partial charge >= 0.3 is 0 Å². The summed E-state index contributed by atoms with van der Waals surface area (Å²) in [6.45, 7) is 1.91. The summed E-state index contributed by atoms with van der Waals surface area (Å²) in [6, 6.07) is 20.4. The van der Waals surface area contributed by atoms with Gasteiger partial charge in [-0.05, 0) is 18.4 Å². The molecule has 0 spiro atoms. The fourth-order valence-electron chi connectivity index (χ4n) is 4.74. The fraction of sp³-hybridized carbons (Fsp3) is 0.360. The van der Waals surface area contributed by atoms with Crippen LogP contribution in [-0.4, -0.2) is 45.9 Å². The first-order chi connectivity index (χ1) is 14.8. The Morgan fingerprint density at radius 2 is 1.73 bits per heavy atom. The Hall–Kier alpha value is -2.92. The van der Waals surface area contributed by atoms with Crippen LogP contribution < -0.4 is 0 Å². The Kier molecular flexibility index (Phi) is 5.37. The van der Waals surface area contributed by atoms with E-state index in [4.69, 9.17) is 9.84 Å². The van der Waals surface area contributed by atoms with Gasteiger partial charge in [0.05, 0.1) is 30.9 Å². The zero-order chi connectivity index (χ0) is 20.3. The number of aromatic nitrogens is 2. The van der Waals surface area contributed by atoms with E-state index in [1.54, 1.807) is 0 Å². The van der Waals surface area contributed by atoms with Gasteiger partial charge in [-0.15, -0.1) is 0 Å². The van der Waals surface area contributed by atoms with E-state index >= 15 is 0 Å². The molecule has 5 nitrogen and oxygen atoms in total. The number of nitrogens with zero attached hydrogens (tertiary/aromatic N) is 3. The summed E-state index contributed by atoms with van der Waals surface area (Å²) in [7, 11) is 0. The van der Waals surface area contributed by atoms with Crippen molar-refractivity contribution in [3.8, 4) is 11.3 Å². The number of ether oxygens (including phenoxy) is 1. The third-order valence-electron chi connectivity index (χ3n) is 6.22. The smallest absolute Gasteiger partial charge is 0.258 e. The van der Waals surface area contributed by atoms with E-state index in [0.29, 0.717) is 25.3 Å². The Labute approximate surface area is 177 Å². The van der Waals surface area contributed by atoms with Gasteiger partial charge in [-0.3, -0.25) is 9.48 Å². The Morgan fingerprint density at radius 1 is 1.00 bits per heavy atom. The summed E-state index contributed by atoms with van der Waals surface area (Å²) >= 11 is 0. The van der Waals surface area contributed by atoms with Crippen molar-refractivity contribution in [3.63, 3.8) is 0 Å². The van der Waals surface area contributed by atoms with Crippen LogP contribution >= 0.6 is 0 Å². The molecule has 2 heterocycles. The van der Waals surface area contributed by atoms with Crippen LogP contribution in [0.5, 0.6) is 0 Å². The molecule has 2 fully saturated rings. The molecular weight excluding hydrogens is 374 g/mol. The Balaban J connectivity index is 1.50. The first kappa shape index (κ1) is 19.1. The number of rotatable bonds is 4. The molecule has 154 valence electrons. The number of amides is 1. The standard InChI is InChI=1S/C25H27N3O2/c29-25(28-15-16-30-23-14-8-7-13-22(23)28)21-18-27(17-19-9-3-1-4-10-19)26-24(21)20-11-5-2-6-12-20/h1-6,9-12,18,22-23H,7-8,13-17H2. The summed E-state index contributed by atoms with van der Waals surface area (Å²) in [4.78, 5) is 15.8. The maximum atomic E-state index is 13.7. The van der Waals surface area contributed by atoms with E-state index in [-0.39, 0.29) is 18.1 Å². The quantitative estimate of drug-likeness (QED) is 0.652. The summed E-state index contributed by atoms with van der Waals surface area (Å²) in [5, 5.41) is 4.83. The largest absolute Gasteiger partial charge is 0.374 e. The summed E-state index contributed by atoms with van der Waals surface area (Å²) in [5.41, 5.74) is 3.58. The highest BCUT2D eigenvalue weighted by Crippen LogP contribution is 2.31. The predicted octanol–water partition coefficient (Wildman–Crippen LogP) is 4.38. The average molecular weight is 402 g/mol. The molecule has 1 aliphatic heterocycles. The minimum Gasteiger partial charge on any atom is -0.374 e. The molecule has 5 heteroatoms. The number of benzene rings is 2. The van der Waals surface area contributed by atoms with Crippen molar-refractivity contribution in [2.24, 2.45) is 0 Å². The lowest BCUT2D eigenvalue weighted by atomic mass is 9.89. The second-order valence-electron chi connectivity index (χ2n) is 8.20. The van der Waals surface area contributed by atoms with E-state index in [2.05, 4.69) is 12.1 Å². The van der Waals surface area contributed by atoms with Crippen LogP contribution in [0.1, 0.15) is 41.6 Å². The van der Waals surface area contributed by atoms with Gasteiger partial charge in [0, 0.05) is 18.3 Å². The fourth-order valence-corrected chi connectivity index (χ4v) is 4.74. The second-order valence-corrected chi connectivity index (χ2v) is 8.20. The molecule has 3 aromatic rings. The minimum absolute atomic E-state index is 0.0772. The second kappa shape index (κ2) is 8.44. The van der Waals surface area contributed by atoms with Gasteiger partial charge in [0.15, 0.2) is 0 Å². The van der Waals surface area contributed by atoms with Crippen molar-refractivity contribution in [3.05, 3.63) is 78.0 Å². The lowest BCUT2D eigenvalue weighted by molar-refractivity contribution is -0.0752. The Bertz CT molecular complexity index is 998. The molecule has 1 saturated heterocycles. The molecule has 2 aliphatic rings. The summed E-state index contributed by atoms with van der Waals surface area (Å²) in [5.74, 6) is 0.0772. The van der Waals surface area contributed by atoms with Gasteiger partial charge in [0.2, 0.25) is 0 Å². The minimum atomic E-state index is 0.0772. The van der Waals surface area contributed by atoms with E-state index in [1.165, 1.54) is 6.42 Å². The molecule has 0 radical (unpaired) electrons. The molecule has 2 atom stereocenters. The van der Waals surface area contributed by atoms with Crippen molar-refractivity contribution in [2.75, 3.05) is 13.2 Å². The van der Waals surface area contributed by atoms with Gasteiger partial charge in [0.25, 0.3) is 5.91 Å². The number of hydrogen-bond acceptors (Lipinski definition) is 3. The predicted molar refractivity (Wildman–Crippen MR) is 116 cm³/mol. The van der Waals surface area contributed by atoms with Crippen molar-refractivity contribution in [1.82, 2.24) is 14.7 Å². The lowest BCUT2D eigenvalue weighted by Crippen LogP contribution is -2.54. The van der Waals surface area contributed by atoms with Crippen molar-refractivity contribution in [1.29, 1.82) is 0 Å². The third kappa shape index (κ3) is 3.77. The van der Waals surface area contributed by atoms with Crippen LogP contribution in [0.3, 0.4) is 0 Å². The topological polar surface area (TPSA) is 47.4 Å². The number of morpholine rings is 1. The molecule has 5 rings (SSSR count). The normalized spacial score (nSPS) is 21.3. The number of hydrogen-bond donors (Lipinski definition) is 0. The van der Waals surface area contributed by atoms with Crippen LogP contribution in [0.4, 0.5) is 0 Å². The number of carbonyl (C=O) groups is 1. The molecule has 2 aromatic carbocycles. The maximum absolute atomic E-state index is 13.7. The van der Waals surface area contributed by atoms with Crippen LogP contribution in [0.15, 0.2) is 66.9 Å². The molecule has 1 aromatic heterocycles. The summed E-state index contributed by atoms with van der Waals surface area (Å²) < 4.78 is 7.88. The third-order valence-corrected chi connectivity index (χ3v) is 6.22. The first-order valence-electron chi connectivity index (χ1n) is 10.9. The van der Waals surface area contributed by atoms with E-state index in [0.717, 1.165) is 36.1 Å². The highest BCUT2D eigenvalue weighted by Gasteiger charge is 2.38. The number of fused-ring (bicyclic) bond motifs is 1. The molecule has 0 bridgehead atoms. The van der Waals surface area contributed by atoms with Crippen LogP contribution in [-0.2, 0) is 11.3 Å². The zero-order valence-corrected chi connectivity index (χ0v) is 17.1. The lowest BCUT2D eigenvalue weighted by Gasteiger charge is -2.43. The molecule has 0 N–H and O–H groups in total. The molecular formula is C25H27N3O2. The molecule has 30 heavy (non-hydrogen) atoms. The van der Waals surface area contributed by atoms with Crippen LogP contribution in [0.2, 0.25) is 0 Å². The van der Waals surface area contributed by atoms with E-state index in [9.17, 15) is 4.79 Å². The summed E-state index contributed by atoms with van der Waals surface area (Å²) in [6.07, 6.45) is 6.52. The van der Waals surface area contributed by atoms with Crippen molar-refractivity contribution >= 4 is 5.91 Å². The average Bonchev–Trinajstić information content (AvgIpc) is 3.23. The van der Waals surface area contributed by atoms with Gasteiger partial charge in [0.1, 0.15) is 5.69 Å². The molecule has 1 amide bonds. The van der Waals surface area contributed by atoms with Crippen molar-refractivity contribution < 1.29 is 9.53 Å². The van der Waals surface area contributed by atoms with Crippen molar-refractivity contribution in [2.45, 2.75) is 44.4 Å². The Morgan fingerprint density at radius 3 is 2.53 bits per heavy atom. The van der Waals surface area contributed by atoms with E-state index in [1.807, 2.05) is 64.3 Å². The van der Waals surface area contributed by atoms with Gasteiger partial charge in [-0.1, -0.05) is 73.5 Å². The molecule has 2 unspecified atom stereocenters. The highest BCUT2D eigenvalue weighted by molar-refractivity contribution is 6.00. The van der Waals surface area contributed by atoms with Crippen LogP contribution in [0.25, 0.3) is 11.3 Å². The zero-order valence-electron chi connectivity index (χ0n) is 17.1. The maximum Gasteiger partial charge on any atom is 0.258 e. The number of carbonyl (C=O) groups excluding carboxylic acids is 1. The first-order valence-corrected chi connectivity index (χ1v) is 10.9. The van der Waals surface area contributed by atoms with Gasteiger partial charge in [-0.2, -0.15) is 5.10 Å². The monoisotopic (exact) mass is 401 g/mol. The van der Waals surface area contributed by atoms with Crippen LogP contribution in [0, 0.1) is 0 Å². The highest BCUT2D eigenvalue weighted by atomic mass is 16.5. The SMILES string of the molecule is O=C(c1cn(Cc2ccccc2)nc1-c1ccccc1)N1CCOC2CCCCC21. The van der Waals surface area contributed by atoms with E-state index < -0.39 is 0 Å². The van der Waals surface area contributed by atoms with Gasteiger partial charge in [-0.25, -0.2) is 0 Å². The molecule has 1 aliphatic carbocycles. The molecule has 1 saturated carbocycles.